The predicted octanol–water partition coefficient (Wildman–Crippen LogP) is 4.18. The summed E-state index contributed by atoms with van der Waals surface area (Å²) in [4.78, 5) is 13.1. The molecule has 2 amide bonds. The molecule has 0 spiro atoms. The van der Waals surface area contributed by atoms with Crippen LogP contribution in [0.3, 0.4) is 0 Å². The molecular weight excluding hydrogens is 336 g/mol. The fraction of sp³-hybridized carbons (Fsp3) is 0.316. The summed E-state index contributed by atoms with van der Waals surface area (Å²) < 4.78 is 10.8. The Kier molecular flexibility index (Phi) is 7.47. The first kappa shape index (κ1) is 19.0. The summed E-state index contributed by atoms with van der Waals surface area (Å²) in [6, 6.07) is 13.3. The molecule has 0 aliphatic heterocycles. The highest BCUT2D eigenvalue weighted by Gasteiger charge is 2.06. The summed E-state index contributed by atoms with van der Waals surface area (Å²) in [6.07, 6.45) is 2.71. The van der Waals surface area contributed by atoms with Gasteiger partial charge in [-0.3, -0.25) is 0 Å². The minimum absolute atomic E-state index is 0.212. The van der Waals surface area contributed by atoms with Crippen LogP contribution in [0.15, 0.2) is 47.4 Å². The summed E-state index contributed by atoms with van der Waals surface area (Å²) in [5.74, 6) is 1.44. The van der Waals surface area contributed by atoms with Crippen LogP contribution < -0.4 is 20.1 Å². The number of carbonyl (C=O) groups excluding carboxylic acids is 1. The van der Waals surface area contributed by atoms with E-state index in [0.29, 0.717) is 25.3 Å². The van der Waals surface area contributed by atoms with Gasteiger partial charge < -0.3 is 20.1 Å². The predicted molar refractivity (Wildman–Crippen MR) is 103 cm³/mol. The summed E-state index contributed by atoms with van der Waals surface area (Å²) in [6.45, 7) is 3.06. The zero-order valence-corrected chi connectivity index (χ0v) is 15.6. The Hall–Kier alpha value is -2.34. The number of carbonyl (C=O) groups is 1. The number of methoxy groups -OCH3 is 1. The molecule has 0 heterocycles. The fourth-order valence-corrected chi connectivity index (χ4v) is 2.80. The van der Waals surface area contributed by atoms with Gasteiger partial charge in [-0.1, -0.05) is 12.1 Å². The van der Waals surface area contributed by atoms with Crippen LogP contribution in [0.5, 0.6) is 11.5 Å². The first-order valence-corrected chi connectivity index (χ1v) is 9.37. The third-order valence-electron chi connectivity index (χ3n) is 3.55. The van der Waals surface area contributed by atoms with E-state index >= 15 is 0 Å². The molecule has 6 heteroatoms. The zero-order chi connectivity index (χ0) is 18.1. The highest BCUT2D eigenvalue weighted by Crippen LogP contribution is 2.28. The molecule has 134 valence electrons. The van der Waals surface area contributed by atoms with Gasteiger partial charge >= 0.3 is 6.03 Å². The number of hydrogen-bond acceptors (Lipinski definition) is 4. The molecule has 0 unspecified atom stereocenters. The van der Waals surface area contributed by atoms with E-state index in [2.05, 4.69) is 10.6 Å². The lowest BCUT2D eigenvalue weighted by Crippen LogP contribution is -2.30. The van der Waals surface area contributed by atoms with Gasteiger partial charge in [0, 0.05) is 17.1 Å². The van der Waals surface area contributed by atoms with Crippen molar-refractivity contribution in [2.24, 2.45) is 0 Å². The van der Waals surface area contributed by atoms with Gasteiger partial charge in [0.2, 0.25) is 0 Å². The molecule has 0 aliphatic carbocycles. The second-order valence-electron chi connectivity index (χ2n) is 5.28. The topological polar surface area (TPSA) is 59.6 Å². The molecule has 0 bridgehead atoms. The van der Waals surface area contributed by atoms with E-state index in [1.165, 1.54) is 0 Å². The Labute approximate surface area is 153 Å². The van der Waals surface area contributed by atoms with Gasteiger partial charge in [0.1, 0.15) is 0 Å². The normalized spacial score (nSPS) is 10.2. The van der Waals surface area contributed by atoms with Crippen molar-refractivity contribution in [3.8, 4) is 11.5 Å². The second kappa shape index (κ2) is 9.84. The Morgan fingerprint density at radius 2 is 2.00 bits per heavy atom. The number of ether oxygens (including phenoxy) is 2. The average Bonchev–Trinajstić information content (AvgIpc) is 2.63. The maximum Gasteiger partial charge on any atom is 0.319 e. The maximum atomic E-state index is 12.0. The van der Waals surface area contributed by atoms with Crippen LogP contribution in [0.1, 0.15) is 12.5 Å². The van der Waals surface area contributed by atoms with Crippen molar-refractivity contribution in [1.82, 2.24) is 5.32 Å². The molecule has 0 saturated heterocycles. The van der Waals surface area contributed by atoms with Crippen molar-refractivity contribution >= 4 is 23.5 Å². The summed E-state index contributed by atoms with van der Waals surface area (Å²) >= 11 is 1.64. The van der Waals surface area contributed by atoms with Crippen LogP contribution in [0.2, 0.25) is 0 Å². The molecule has 0 aromatic heterocycles. The number of thioether (sulfide) groups is 1. The van der Waals surface area contributed by atoms with Crippen molar-refractivity contribution < 1.29 is 14.3 Å². The Morgan fingerprint density at radius 1 is 1.16 bits per heavy atom. The highest BCUT2D eigenvalue weighted by molar-refractivity contribution is 7.98. The quantitative estimate of drug-likeness (QED) is 0.693. The first-order chi connectivity index (χ1) is 12.2. The molecule has 0 radical (unpaired) electrons. The van der Waals surface area contributed by atoms with Gasteiger partial charge in [-0.15, -0.1) is 11.8 Å². The van der Waals surface area contributed by atoms with Crippen LogP contribution in [0.4, 0.5) is 10.5 Å². The third-order valence-corrected chi connectivity index (χ3v) is 4.28. The van der Waals surface area contributed by atoms with Crippen LogP contribution in [-0.2, 0) is 6.42 Å². The Bertz CT molecular complexity index is 707. The first-order valence-electron chi connectivity index (χ1n) is 8.15. The van der Waals surface area contributed by atoms with Crippen molar-refractivity contribution in [3.05, 3.63) is 48.0 Å². The highest BCUT2D eigenvalue weighted by atomic mass is 32.2. The van der Waals surface area contributed by atoms with E-state index in [4.69, 9.17) is 9.47 Å². The number of benzene rings is 2. The van der Waals surface area contributed by atoms with Gasteiger partial charge in [0.15, 0.2) is 11.5 Å². The average molecular weight is 360 g/mol. The van der Waals surface area contributed by atoms with Gasteiger partial charge in [-0.25, -0.2) is 4.79 Å². The van der Waals surface area contributed by atoms with Crippen molar-refractivity contribution in [2.45, 2.75) is 18.2 Å². The molecule has 2 rings (SSSR count). The molecule has 0 aliphatic rings. The lowest BCUT2D eigenvalue weighted by molar-refractivity contribution is 0.252. The van der Waals surface area contributed by atoms with Crippen LogP contribution >= 0.6 is 11.8 Å². The Balaban J connectivity index is 1.84. The van der Waals surface area contributed by atoms with Crippen molar-refractivity contribution in [2.75, 3.05) is 31.8 Å². The SMILES string of the molecule is CCOc1ccc(CCNC(=O)Nc2cccc(SC)c2)cc1OC. The number of amides is 2. The summed E-state index contributed by atoms with van der Waals surface area (Å²) in [7, 11) is 1.62. The van der Waals surface area contributed by atoms with E-state index in [1.54, 1.807) is 18.9 Å². The number of urea groups is 1. The van der Waals surface area contributed by atoms with E-state index in [9.17, 15) is 4.79 Å². The zero-order valence-electron chi connectivity index (χ0n) is 14.8. The molecule has 0 saturated carbocycles. The fourth-order valence-electron chi connectivity index (χ4n) is 2.34. The van der Waals surface area contributed by atoms with Crippen LogP contribution in [-0.4, -0.2) is 32.5 Å². The van der Waals surface area contributed by atoms with Crippen LogP contribution in [0, 0.1) is 0 Å². The van der Waals surface area contributed by atoms with Gasteiger partial charge in [-0.2, -0.15) is 0 Å². The molecule has 5 nitrogen and oxygen atoms in total. The number of rotatable bonds is 8. The van der Waals surface area contributed by atoms with Crippen molar-refractivity contribution in [1.29, 1.82) is 0 Å². The third kappa shape index (κ3) is 5.90. The molecule has 2 aromatic carbocycles. The molecule has 25 heavy (non-hydrogen) atoms. The lowest BCUT2D eigenvalue weighted by atomic mass is 10.1. The Morgan fingerprint density at radius 3 is 2.72 bits per heavy atom. The monoisotopic (exact) mass is 360 g/mol. The van der Waals surface area contributed by atoms with E-state index < -0.39 is 0 Å². The minimum Gasteiger partial charge on any atom is -0.493 e. The lowest BCUT2D eigenvalue weighted by Gasteiger charge is -2.12. The van der Waals surface area contributed by atoms with Crippen molar-refractivity contribution in [3.63, 3.8) is 0 Å². The standard InChI is InChI=1S/C19H24N2O3S/c1-4-24-17-9-8-14(12-18(17)23-2)10-11-20-19(22)21-15-6-5-7-16(13-15)25-3/h5-9,12-13H,4,10-11H2,1-3H3,(H2,20,21,22). The second-order valence-corrected chi connectivity index (χ2v) is 6.16. The van der Waals surface area contributed by atoms with E-state index in [-0.39, 0.29) is 6.03 Å². The molecule has 0 fully saturated rings. The maximum absolute atomic E-state index is 12.0. The molecule has 0 atom stereocenters. The molecule has 2 aromatic rings. The minimum atomic E-state index is -0.212. The largest absolute Gasteiger partial charge is 0.493 e. The van der Waals surface area contributed by atoms with Gasteiger partial charge in [0.05, 0.1) is 13.7 Å². The van der Waals surface area contributed by atoms with Gasteiger partial charge in [0.25, 0.3) is 0 Å². The van der Waals surface area contributed by atoms with Gasteiger partial charge in [-0.05, 0) is 55.5 Å². The summed E-state index contributed by atoms with van der Waals surface area (Å²) in [5.41, 5.74) is 1.86. The van der Waals surface area contributed by atoms with Crippen LogP contribution in [0.25, 0.3) is 0 Å². The smallest absolute Gasteiger partial charge is 0.319 e. The summed E-state index contributed by atoms with van der Waals surface area (Å²) in [5, 5.41) is 5.71. The number of anilines is 1. The molecule has 2 N–H and O–H groups in total. The molecular formula is C19H24N2O3S. The number of hydrogen-bond donors (Lipinski definition) is 2. The van der Waals surface area contributed by atoms with E-state index in [1.807, 2.05) is 55.6 Å². The number of nitrogens with one attached hydrogen (secondary N) is 2. The van der Waals surface area contributed by atoms with E-state index in [0.717, 1.165) is 21.9 Å².